The average molecular weight is 512 g/mol. The Hall–Kier alpha value is -2.31. The van der Waals surface area contributed by atoms with E-state index in [4.69, 9.17) is 15.5 Å². The summed E-state index contributed by atoms with van der Waals surface area (Å²) >= 11 is 1.62. The van der Waals surface area contributed by atoms with E-state index in [0.717, 1.165) is 65.9 Å². The Bertz CT molecular complexity index is 1030. The van der Waals surface area contributed by atoms with Gasteiger partial charge in [0.05, 0.1) is 18.8 Å². The summed E-state index contributed by atoms with van der Waals surface area (Å²) in [6.07, 6.45) is 1.60. The van der Waals surface area contributed by atoms with Gasteiger partial charge in [-0.15, -0.1) is 11.8 Å². The van der Waals surface area contributed by atoms with E-state index in [1.54, 1.807) is 18.9 Å². The lowest BCUT2D eigenvalue weighted by atomic mass is 9.94. The molecule has 3 rings (SSSR count). The summed E-state index contributed by atoms with van der Waals surface area (Å²) in [5, 5.41) is 21.4. The third kappa shape index (κ3) is 6.92. The van der Waals surface area contributed by atoms with Crippen molar-refractivity contribution in [2.45, 2.75) is 64.3 Å². The van der Waals surface area contributed by atoms with Crippen molar-refractivity contribution in [2.24, 2.45) is 5.92 Å². The van der Waals surface area contributed by atoms with E-state index in [-0.39, 0.29) is 6.61 Å². The molecule has 3 N–H and O–H groups in total. The summed E-state index contributed by atoms with van der Waals surface area (Å²) in [7, 11) is 1.74. The summed E-state index contributed by atoms with van der Waals surface area (Å²) in [5.41, 5.74) is 10.1. The van der Waals surface area contributed by atoms with Crippen LogP contribution in [0.1, 0.15) is 49.9 Å². The van der Waals surface area contributed by atoms with Crippen LogP contribution in [0.4, 0.5) is 11.5 Å². The van der Waals surface area contributed by atoms with Gasteiger partial charge in [-0.1, -0.05) is 26.0 Å². The quantitative estimate of drug-likeness (QED) is 0.344. The Morgan fingerprint density at radius 3 is 2.42 bits per heavy atom. The number of aryl methyl sites for hydroxylation is 1. The molecule has 1 saturated heterocycles. The number of nitrogens with two attached hydrogens (primary N) is 1. The van der Waals surface area contributed by atoms with E-state index in [9.17, 15) is 10.4 Å². The molecule has 2 atom stereocenters. The third-order valence-corrected chi connectivity index (χ3v) is 7.78. The number of benzene rings is 1. The van der Waals surface area contributed by atoms with Crippen molar-refractivity contribution >= 4 is 23.3 Å². The summed E-state index contributed by atoms with van der Waals surface area (Å²) in [5.74, 6) is 1.99. The van der Waals surface area contributed by atoms with Crippen LogP contribution in [0.3, 0.4) is 0 Å². The molecule has 0 spiro atoms. The van der Waals surface area contributed by atoms with Crippen LogP contribution < -0.4 is 10.6 Å². The Morgan fingerprint density at radius 1 is 1.19 bits per heavy atom. The van der Waals surface area contributed by atoms with Crippen LogP contribution in [0.15, 0.2) is 29.3 Å². The van der Waals surface area contributed by atoms with Crippen molar-refractivity contribution in [3.8, 4) is 6.07 Å². The Kier molecular flexibility index (Phi) is 10.4. The van der Waals surface area contributed by atoms with Gasteiger partial charge in [-0.3, -0.25) is 4.90 Å². The van der Waals surface area contributed by atoms with E-state index in [2.05, 4.69) is 43.6 Å². The minimum atomic E-state index is -0.123. The molecule has 2 unspecified atom stereocenters. The maximum absolute atomic E-state index is 10.5. The lowest BCUT2D eigenvalue weighted by molar-refractivity contribution is 0.0843. The monoisotopic (exact) mass is 511 g/mol. The number of aromatic nitrogens is 1. The molecule has 36 heavy (non-hydrogen) atoms. The maximum atomic E-state index is 10.5. The fourth-order valence-corrected chi connectivity index (χ4v) is 6.03. The van der Waals surface area contributed by atoms with Crippen LogP contribution >= 0.6 is 11.8 Å². The van der Waals surface area contributed by atoms with Gasteiger partial charge < -0.3 is 20.5 Å². The van der Waals surface area contributed by atoms with Gasteiger partial charge in [-0.2, -0.15) is 5.26 Å². The number of hydrogen-bond donors (Lipinski definition) is 2. The van der Waals surface area contributed by atoms with Crippen LogP contribution in [-0.4, -0.2) is 66.2 Å². The highest BCUT2D eigenvalue weighted by molar-refractivity contribution is 7.99. The Labute approximate surface area is 220 Å². The number of rotatable bonds is 11. The number of nitrogens with zero attached hydrogens (tertiary/aromatic N) is 4. The number of nitriles is 1. The first-order valence-electron chi connectivity index (χ1n) is 12.8. The van der Waals surface area contributed by atoms with E-state index >= 15 is 0 Å². The molecule has 1 aromatic heterocycles. The molecule has 2 heterocycles. The fraction of sp³-hybridized carbons (Fsp3) is 0.571. The fourth-order valence-electron chi connectivity index (χ4n) is 5.03. The van der Waals surface area contributed by atoms with Crippen LogP contribution in [0.25, 0.3) is 0 Å². The van der Waals surface area contributed by atoms with E-state index in [0.29, 0.717) is 30.2 Å². The molecule has 196 valence electrons. The largest absolute Gasteiger partial charge is 0.399 e. The number of piperazine rings is 1. The predicted octanol–water partition coefficient (Wildman–Crippen LogP) is 4.11. The number of aliphatic hydroxyl groups excluding tert-OH is 1. The highest BCUT2D eigenvalue weighted by atomic mass is 32.2. The molecule has 8 heteroatoms. The molecule has 7 nitrogen and oxygen atoms in total. The number of hydrogen-bond acceptors (Lipinski definition) is 8. The van der Waals surface area contributed by atoms with Gasteiger partial charge in [0, 0.05) is 55.8 Å². The summed E-state index contributed by atoms with van der Waals surface area (Å²) in [6, 6.07) is 11.0. The Balaban J connectivity index is 1.94. The van der Waals surface area contributed by atoms with Crippen LogP contribution in [0, 0.1) is 17.2 Å². The minimum Gasteiger partial charge on any atom is -0.399 e. The highest BCUT2D eigenvalue weighted by Gasteiger charge is 2.32. The SMILES string of the molecule is COCCN1C(C)CN(c2nc(SCCc3ccc(N)cc3)c(C#N)c(CC(C)C)c2CO)CC1C. The molecule has 1 fully saturated rings. The van der Waals surface area contributed by atoms with Crippen molar-refractivity contribution in [2.75, 3.05) is 49.7 Å². The lowest BCUT2D eigenvalue weighted by Crippen LogP contribution is -2.57. The first-order valence-corrected chi connectivity index (χ1v) is 13.8. The number of aliphatic hydroxyl groups is 1. The molecule has 0 amide bonds. The second-order valence-corrected chi connectivity index (χ2v) is 11.2. The zero-order chi connectivity index (χ0) is 26.2. The molecule has 1 aromatic carbocycles. The lowest BCUT2D eigenvalue weighted by Gasteiger charge is -2.45. The summed E-state index contributed by atoms with van der Waals surface area (Å²) in [4.78, 5) is 9.83. The van der Waals surface area contributed by atoms with Crippen molar-refractivity contribution in [3.63, 3.8) is 0 Å². The zero-order valence-electron chi connectivity index (χ0n) is 22.3. The molecule has 0 aliphatic carbocycles. The molecular weight excluding hydrogens is 470 g/mol. The maximum Gasteiger partial charge on any atom is 0.135 e. The summed E-state index contributed by atoms with van der Waals surface area (Å²) in [6.45, 7) is 11.9. The molecule has 1 aliphatic rings. The van der Waals surface area contributed by atoms with Gasteiger partial charge in [0.2, 0.25) is 0 Å². The van der Waals surface area contributed by atoms with E-state index in [1.807, 2.05) is 24.3 Å². The standard InChI is InChI=1S/C28H41N5O2S/c1-19(2)14-24-25(15-29)28(36-13-10-22-6-8-23(30)9-7-22)31-27(26(24)18-34)32-16-20(3)33(11-12-35-5)21(4)17-32/h6-9,19-21,34H,10-14,16-18,30H2,1-5H3. The molecule has 0 radical (unpaired) electrons. The number of ether oxygens (including phenoxy) is 1. The van der Waals surface area contributed by atoms with Gasteiger partial charge in [0.1, 0.15) is 16.9 Å². The number of anilines is 2. The van der Waals surface area contributed by atoms with Gasteiger partial charge in [0.25, 0.3) is 0 Å². The second-order valence-electron chi connectivity index (χ2n) is 10.1. The van der Waals surface area contributed by atoms with Crippen LogP contribution in [0.2, 0.25) is 0 Å². The second kappa shape index (κ2) is 13.3. The normalized spacial score (nSPS) is 18.6. The van der Waals surface area contributed by atoms with E-state index in [1.165, 1.54) is 5.56 Å². The first-order chi connectivity index (χ1) is 17.3. The van der Waals surface area contributed by atoms with Crippen molar-refractivity contribution in [3.05, 3.63) is 46.5 Å². The van der Waals surface area contributed by atoms with Gasteiger partial charge in [0.15, 0.2) is 0 Å². The van der Waals surface area contributed by atoms with Crippen molar-refractivity contribution in [1.29, 1.82) is 5.26 Å². The van der Waals surface area contributed by atoms with Gasteiger partial charge in [-0.25, -0.2) is 4.98 Å². The van der Waals surface area contributed by atoms with Crippen molar-refractivity contribution in [1.82, 2.24) is 9.88 Å². The number of pyridine rings is 1. The topological polar surface area (TPSA) is 98.6 Å². The minimum absolute atomic E-state index is 0.123. The summed E-state index contributed by atoms with van der Waals surface area (Å²) < 4.78 is 5.32. The number of thioether (sulfide) groups is 1. The molecule has 2 aromatic rings. The number of methoxy groups -OCH3 is 1. The van der Waals surface area contributed by atoms with Crippen molar-refractivity contribution < 1.29 is 9.84 Å². The average Bonchev–Trinajstić information content (AvgIpc) is 2.84. The zero-order valence-corrected chi connectivity index (χ0v) is 23.1. The van der Waals surface area contributed by atoms with Crippen LogP contribution in [0.5, 0.6) is 0 Å². The molecular formula is C28H41N5O2S. The molecule has 0 bridgehead atoms. The van der Waals surface area contributed by atoms with E-state index < -0.39 is 0 Å². The predicted molar refractivity (Wildman–Crippen MR) is 148 cm³/mol. The third-order valence-electron chi connectivity index (χ3n) is 6.80. The molecule has 0 saturated carbocycles. The Morgan fingerprint density at radius 2 is 1.86 bits per heavy atom. The first kappa shape index (κ1) is 28.3. The van der Waals surface area contributed by atoms with Crippen LogP contribution in [-0.2, 0) is 24.2 Å². The smallest absolute Gasteiger partial charge is 0.135 e. The highest BCUT2D eigenvalue weighted by Crippen LogP contribution is 2.35. The number of nitrogen functional groups attached to an aromatic ring is 1. The van der Waals surface area contributed by atoms with Gasteiger partial charge in [-0.05, 0) is 55.9 Å². The molecule has 1 aliphatic heterocycles. The van der Waals surface area contributed by atoms with Gasteiger partial charge >= 0.3 is 0 Å².